The Morgan fingerprint density at radius 2 is 1.33 bits per heavy atom. The van der Waals surface area contributed by atoms with Crippen LogP contribution in [-0.2, 0) is 0 Å². The van der Waals surface area contributed by atoms with E-state index in [1.807, 2.05) is 47.0 Å². The summed E-state index contributed by atoms with van der Waals surface area (Å²) < 4.78 is 1.48. The standard InChI is InChI=1S/C13H20S8/c14-5-10-7-18-12(20-10)1-3-16-9-17-4-2-13-19-8-11(6-15)21-13/h7-8,12-15H,1-6,9H2. The molecule has 2 aliphatic heterocycles. The number of rotatable bonds is 10. The molecule has 2 aliphatic rings. The summed E-state index contributed by atoms with van der Waals surface area (Å²) in [5, 5.41) is 5.81. The topological polar surface area (TPSA) is 0 Å². The summed E-state index contributed by atoms with van der Waals surface area (Å²) in [7, 11) is 0. The van der Waals surface area contributed by atoms with Crippen LogP contribution in [0, 0.1) is 0 Å². The number of hydrogen-bond donors (Lipinski definition) is 2. The molecule has 21 heavy (non-hydrogen) atoms. The Kier molecular flexibility index (Phi) is 11.0. The lowest BCUT2D eigenvalue weighted by Crippen LogP contribution is -1.96. The Hall–Kier alpha value is 2.28. The van der Waals surface area contributed by atoms with E-state index in [4.69, 9.17) is 0 Å². The molecule has 0 fully saturated rings. The normalized spacial score (nSPS) is 25.2. The molecule has 0 amide bonds. The van der Waals surface area contributed by atoms with Crippen LogP contribution in [0.2, 0.25) is 0 Å². The second-order valence-electron chi connectivity index (χ2n) is 4.36. The molecule has 120 valence electrons. The Balaban J connectivity index is 1.38. The van der Waals surface area contributed by atoms with Crippen molar-refractivity contribution in [1.82, 2.24) is 0 Å². The smallest absolute Gasteiger partial charge is 0.0596 e. The summed E-state index contributed by atoms with van der Waals surface area (Å²) in [5.74, 6) is 4.36. The van der Waals surface area contributed by atoms with E-state index < -0.39 is 0 Å². The molecule has 2 atom stereocenters. The van der Waals surface area contributed by atoms with Crippen molar-refractivity contribution in [3.63, 3.8) is 0 Å². The summed E-state index contributed by atoms with van der Waals surface area (Å²) in [6.07, 6.45) is 2.61. The van der Waals surface area contributed by atoms with Crippen LogP contribution in [0.1, 0.15) is 12.8 Å². The van der Waals surface area contributed by atoms with Gasteiger partial charge in [0.1, 0.15) is 0 Å². The molecule has 2 unspecified atom stereocenters. The van der Waals surface area contributed by atoms with Gasteiger partial charge in [0.05, 0.1) is 9.16 Å². The molecule has 0 N–H and O–H groups in total. The molecule has 0 saturated heterocycles. The van der Waals surface area contributed by atoms with Crippen LogP contribution in [-0.4, -0.2) is 37.3 Å². The minimum absolute atomic E-state index is 0.738. The Bertz CT molecular complexity index is 333. The third-order valence-corrected chi connectivity index (χ3v) is 11.8. The zero-order valence-corrected chi connectivity index (χ0v) is 18.3. The van der Waals surface area contributed by atoms with Gasteiger partial charge in [-0.15, -0.1) is 47.0 Å². The van der Waals surface area contributed by atoms with E-state index in [9.17, 15) is 0 Å². The maximum Gasteiger partial charge on any atom is 0.0596 e. The van der Waals surface area contributed by atoms with Crippen LogP contribution < -0.4 is 0 Å². The fourth-order valence-electron chi connectivity index (χ4n) is 1.69. The van der Waals surface area contributed by atoms with Gasteiger partial charge in [-0.05, 0) is 35.2 Å². The average Bonchev–Trinajstić information content (AvgIpc) is 3.15. The van der Waals surface area contributed by atoms with Crippen molar-refractivity contribution < 1.29 is 0 Å². The third-order valence-electron chi connectivity index (χ3n) is 2.74. The van der Waals surface area contributed by atoms with Crippen LogP contribution in [0.4, 0.5) is 0 Å². The summed E-state index contributed by atoms with van der Waals surface area (Å²) in [6.45, 7) is 0. The molecule has 0 aliphatic carbocycles. The van der Waals surface area contributed by atoms with Crippen molar-refractivity contribution in [3.8, 4) is 0 Å². The van der Waals surface area contributed by atoms with E-state index >= 15 is 0 Å². The lowest BCUT2D eigenvalue weighted by molar-refractivity contribution is 1.08. The SMILES string of the molecule is SCC1=CSC(CCSCSCCC2SC=C(CS)S2)S1. The van der Waals surface area contributed by atoms with Crippen LogP contribution in [0.5, 0.6) is 0 Å². The maximum absolute atomic E-state index is 4.33. The van der Waals surface area contributed by atoms with E-state index in [0.29, 0.717) is 0 Å². The fourth-order valence-corrected chi connectivity index (χ4v) is 10.3. The van der Waals surface area contributed by atoms with Crippen LogP contribution in [0.25, 0.3) is 0 Å². The number of hydrogen-bond acceptors (Lipinski definition) is 8. The first kappa shape index (κ1) is 19.6. The van der Waals surface area contributed by atoms with Gasteiger partial charge in [-0.2, -0.15) is 48.8 Å². The molecule has 0 nitrogen and oxygen atoms in total. The highest BCUT2D eigenvalue weighted by Gasteiger charge is 2.18. The zero-order valence-electron chi connectivity index (χ0n) is 11.6. The van der Waals surface area contributed by atoms with Gasteiger partial charge in [-0.1, -0.05) is 0 Å². The second kappa shape index (κ2) is 11.8. The predicted molar refractivity (Wildman–Crippen MR) is 121 cm³/mol. The second-order valence-corrected chi connectivity index (χ2v) is 13.0. The lowest BCUT2D eigenvalue weighted by Gasteiger charge is -2.09. The van der Waals surface area contributed by atoms with Crippen molar-refractivity contribution in [3.05, 3.63) is 20.6 Å². The van der Waals surface area contributed by atoms with Gasteiger partial charge in [0, 0.05) is 26.4 Å². The third kappa shape index (κ3) is 7.80. The van der Waals surface area contributed by atoms with Crippen molar-refractivity contribution >= 4 is 95.8 Å². The van der Waals surface area contributed by atoms with Crippen LogP contribution >= 0.6 is 95.8 Å². The fraction of sp³-hybridized carbons (Fsp3) is 0.692. The van der Waals surface area contributed by atoms with Crippen LogP contribution in [0.15, 0.2) is 20.6 Å². The quantitative estimate of drug-likeness (QED) is 0.233. The van der Waals surface area contributed by atoms with E-state index in [1.165, 1.54) is 39.2 Å². The minimum Gasteiger partial charge on any atom is -0.174 e. The first-order chi connectivity index (χ1) is 10.3. The minimum atomic E-state index is 0.738. The van der Waals surface area contributed by atoms with Gasteiger partial charge < -0.3 is 0 Å². The Morgan fingerprint density at radius 1 is 0.857 bits per heavy atom. The van der Waals surface area contributed by atoms with E-state index in [1.54, 1.807) is 0 Å². The van der Waals surface area contributed by atoms with Gasteiger partial charge >= 0.3 is 0 Å². The van der Waals surface area contributed by atoms with Crippen molar-refractivity contribution in [2.75, 3.05) is 28.1 Å². The molecule has 0 aromatic rings. The van der Waals surface area contributed by atoms with Gasteiger partial charge in [-0.25, -0.2) is 0 Å². The van der Waals surface area contributed by atoms with Crippen molar-refractivity contribution in [2.45, 2.75) is 22.0 Å². The Morgan fingerprint density at radius 3 is 1.71 bits per heavy atom. The first-order valence-corrected chi connectivity index (χ1v) is 13.9. The highest BCUT2D eigenvalue weighted by atomic mass is 32.2. The molecule has 0 radical (unpaired) electrons. The van der Waals surface area contributed by atoms with Crippen molar-refractivity contribution in [1.29, 1.82) is 0 Å². The maximum atomic E-state index is 4.33. The summed E-state index contributed by atoms with van der Waals surface area (Å²) in [5.41, 5.74) is 0. The molecule has 0 bridgehead atoms. The largest absolute Gasteiger partial charge is 0.174 e. The predicted octanol–water partition coefficient (Wildman–Crippen LogP) is 6.35. The highest BCUT2D eigenvalue weighted by molar-refractivity contribution is 8.23. The molecular formula is C13H20S8. The molecule has 0 spiro atoms. The molecule has 0 aromatic heterocycles. The zero-order chi connectivity index (χ0) is 14.9. The van der Waals surface area contributed by atoms with Gasteiger partial charge in [0.15, 0.2) is 0 Å². The summed E-state index contributed by atoms with van der Waals surface area (Å²) in [4.78, 5) is 2.88. The summed E-state index contributed by atoms with van der Waals surface area (Å²) >= 11 is 20.8. The molecular weight excluding hydrogens is 413 g/mol. The number of thioether (sulfide) groups is 6. The van der Waals surface area contributed by atoms with E-state index in [-0.39, 0.29) is 0 Å². The highest BCUT2D eigenvalue weighted by Crippen LogP contribution is 2.43. The van der Waals surface area contributed by atoms with E-state index in [2.05, 4.69) is 59.6 Å². The molecule has 8 heteroatoms. The molecule has 0 aromatic carbocycles. The van der Waals surface area contributed by atoms with E-state index in [0.717, 1.165) is 20.7 Å². The number of thiol groups is 2. The lowest BCUT2D eigenvalue weighted by atomic mass is 10.6. The molecule has 2 heterocycles. The molecule has 2 rings (SSSR count). The van der Waals surface area contributed by atoms with Gasteiger partial charge in [-0.3, -0.25) is 0 Å². The summed E-state index contributed by atoms with van der Waals surface area (Å²) in [6, 6.07) is 0. The Labute approximate surface area is 165 Å². The van der Waals surface area contributed by atoms with Gasteiger partial charge in [0.25, 0.3) is 0 Å². The van der Waals surface area contributed by atoms with Crippen molar-refractivity contribution in [2.24, 2.45) is 0 Å². The van der Waals surface area contributed by atoms with Gasteiger partial charge in [0.2, 0.25) is 0 Å². The molecule has 0 saturated carbocycles. The average molecular weight is 433 g/mol. The van der Waals surface area contributed by atoms with Crippen LogP contribution in [0.3, 0.4) is 0 Å². The first-order valence-electron chi connectivity index (χ1n) is 6.71. The monoisotopic (exact) mass is 432 g/mol.